The number of benzene rings is 1. The Morgan fingerprint density at radius 2 is 1.93 bits per heavy atom. The molecule has 0 saturated carbocycles. The maximum absolute atomic E-state index is 12.9. The Hall–Kier alpha value is -2.87. The van der Waals surface area contributed by atoms with Crippen molar-refractivity contribution >= 4 is 39.7 Å². The van der Waals surface area contributed by atoms with E-state index in [0.29, 0.717) is 22.9 Å². The van der Waals surface area contributed by atoms with Crippen LogP contribution in [0.2, 0.25) is 0 Å². The van der Waals surface area contributed by atoms with E-state index in [1.165, 1.54) is 11.3 Å². The molecule has 3 N–H and O–H groups in total. The molecule has 0 bridgehead atoms. The number of hydrogen-bond donors (Lipinski definition) is 2. The average molecular weight is 413 g/mol. The fraction of sp³-hybridized carbons (Fsp3) is 0.381. The summed E-state index contributed by atoms with van der Waals surface area (Å²) in [4.78, 5) is 40.1. The van der Waals surface area contributed by atoms with E-state index >= 15 is 0 Å². The highest BCUT2D eigenvalue weighted by molar-refractivity contribution is 7.17. The van der Waals surface area contributed by atoms with Crippen molar-refractivity contribution in [1.82, 2.24) is 0 Å². The van der Waals surface area contributed by atoms with Crippen molar-refractivity contribution < 1.29 is 19.1 Å². The number of carbonyl (C=O) groups excluding carboxylic acids is 3. The van der Waals surface area contributed by atoms with Gasteiger partial charge in [-0.05, 0) is 55.5 Å². The minimum absolute atomic E-state index is 0.101. The van der Waals surface area contributed by atoms with Crippen LogP contribution in [0.4, 0.5) is 10.7 Å². The van der Waals surface area contributed by atoms with E-state index in [4.69, 9.17) is 10.5 Å². The summed E-state index contributed by atoms with van der Waals surface area (Å²) < 4.78 is 5.15. The zero-order valence-corrected chi connectivity index (χ0v) is 17.0. The molecule has 0 radical (unpaired) electrons. The Labute approximate surface area is 172 Å². The molecule has 3 amide bonds. The zero-order chi connectivity index (χ0) is 20.5. The number of rotatable bonds is 5. The van der Waals surface area contributed by atoms with Crippen molar-refractivity contribution in [1.29, 1.82) is 0 Å². The van der Waals surface area contributed by atoms with Gasteiger partial charge in [-0.3, -0.25) is 14.4 Å². The molecule has 0 spiro atoms. The first-order valence-electron chi connectivity index (χ1n) is 9.67. The number of aryl methyl sites for hydroxylation is 1. The van der Waals surface area contributed by atoms with E-state index in [1.807, 2.05) is 0 Å². The summed E-state index contributed by atoms with van der Waals surface area (Å²) in [6.45, 7) is 0.300. The molecule has 1 aromatic carbocycles. The number of primary amides is 1. The van der Waals surface area contributed by atoms with Gasteiger partial charge >= 0.3 is 0 Å². The molecule has 1 aliphatic carbocycles. The number of nitrogens with zero attached hydrogens (tertiary/aromatic N) is 1. The van der Waals surface area contributed by atoms with E-state index in [0.717, 1.165) is 41.8 Å². The summed E-state index contributed by atoms with van der Waals surface area (Å²) in [5, 5.41) is 3.40. The molecule has 1 aliphatic heterocycles. The van der Waals surface area contributed by atoms with Gasteiger partial charge in [0, 0.05) is 23.5 Å². The molecule has 1 unspecified atom stereocenters. The number of nitrogens with one attached hydrogen (secondary N) is 1. The lowest BCUT2D eigenvalue weighted by Gasteiger charge is -2.17. The molecule has 2 aliphatic rings. The van der Waals surface area contributed by atoms with Gasteiger partial charge < -0.3 is 20.7 Å². The second-order valence-electron chi connectivity index (χ2n) is 7.37. The van der Waals surface area contributed by atoms with Crippen molar-refractivity contribution in [3.8, 4) is 5.75 Å². The maximum atomic E-state index is 12.9. The van der Waals surface area contributed by atoms with Gasteiger partial charge in [-0.25, -0.2) is 0 Å². The average Bonchev–Trinajstić information content (AvgIpc) is 3.28. The maximum Gasteiger partial charge on any atom is 0.251 e. The van der Waals surface area contributed by atoms with Gasteiger partial charge in [0.05, 0.1) is 18.6 Å². The number of thiophene rings is 1. The first-order chi connectivity index (χ1) is 14.0. The minimum Gasteiger partial charge on any atom is -0.497 e. The highest BCUT2D eigenvalue weighted by Crippen LogP contribution is 2.38. The van der Waals surface area contributed by atoms with Crippen LogP contribution in [0.5, 0.6) is 5.75 Å². The van der Waals surface area contributed by atoms with Crippen molar-refractivity contribution in [2.45, 2.75) is 32.1 Å². The second kappa shape index (κ2) is 7.87. The normalized spacial score (nSPS) is 18.4. The Bertz CT molecular complexity index is 967. The summed E-state index contributed by atoms with van der Waals surface area (Å²) in [7, 11) is 1.58. The first-order valence-corrected chi connectivity index (χ1v) is 10.5. The largest absolute Gasteiger partial charge is 0.497 e. The van der Waals surface area contributed by atoms with E-state index in [-0.39, 0.29) is 18.2 Å². The molecule has 2 heterocycles. The number of methoxy groups -OCH3 is 1. The third-order valence-electron chi connectivity index (χ3n) is 5.53. The molecule has 29 heavy (non-hydrogen) atoms. The van der Waals surface area contributed by atoms with Gasteiger partial charge in [0.15, 0.2) is 0 Å². The number of anilines is 2. The molecule has 1 fully saturated rings. The number of fused-ring (bicyclic) bond motifs is 1. The molecule has 4 rings (SSSR count). The van der Waals surface area contributed by atoms with Crippen LogP contribution < -0.4 is 20.7 Å². The Kier molecular flexibility index (Phi) is 5.27. The van der Waals surface area contributed by atoms with Crippen LogP contribution in [-0.4, -0.2) is 31.4 Å². The van der Waals surface area contributed by atoms with Gasteiger partial charge in [-0.2, -0.15) is 0 Å². The Balaban J connectivity index is 1.50. The molecule has 1 aromatic heterocycles. The highest BCUT2D eigenvalue weighted by Gasteiger charge is 2.36. The summed E-state index contributed by atoms with van der Waals surface area (Å²) in [5.41, 5.74) is 7.75. The lowest BCUT2D eigenvalue weighted by Crippen LogP contribution is -2.28. The number of nitrogens with two attached hydrogens (primary N) is 1. The summed E-state index contributed by atoms with van der Waals surface area (Å²) in [5.74, 6) is -0.645. The van der Waals surface area contributed by atoms with E-state index < -0.39 is 11.8 Å². The lowest BCUT2D eigenvalue weighted by molar-refractivity contribution is -0.122. The predicted octanol–water partition coefficient (Wildman–Crippen LogP) is 2.73. The molecule has 7 nitrogen and oxygen atoms in total. The molecule has 1 saturated heterocycles. The SMILES string of the molecule is COc1ccc(N2CC(C(=O)Nc3sc4c(c3C(N)=O)CCCC4)CC2=O)cc1. The van der Waals surface area contributed by atoms with Gasteiger partial charge in [0.2, 0.25) is 11.8 Å². The lowest BCUT2D eigenvalue weighted by atomic mass is 9.95. The molecular weight excluding hydrogens is 390 g/mol. The third kappa shape index (κ3) is 3.72. The Morgan fingerprint density at radius 1 is 1.21 bits per heavy atom. The minimum atomic E-state index is -0.512. The fourth-order valence-corrected chi connectivity index (χ4v) is 5.32. The monoisotopic (exact) mass is 413 g/mol. The topological polar surface area (TPSA) is 102 Å². The third-order valence-corrected chi connectivity index (χ3v) is 6.74. The summed E-state index contributed by atoms with van der Waals surface area (Å²) >= 11 is 1.43. The summed E-state index contributed by atoms with van der Waals surface area (Å²) in [6.07, 6.45) is 3.95. The van der Waals surface area contributed by atoms with Gasteiger partial charge in [-0.1, -0.05) is 0 Å². The van der Waals surface area contributed by atoms with Gasteiger partial charge in [0.25, 0.3) is 5.91 Å². The fourth-order valence-electron chi connectivity index (χ4n) is 4.02. The number of ether oxygens (including phenoxy) is 1. The van der Waals surface area contributed by atoms with Crippen LogP contribution in [0.25, 0.3) is 0 Å². The first kappa shape index (κ1) is 19.4. The zero-order valence-electron chi connectivity index (χ0n) is 16.2. The van der Waals surface area contributed by atoms with Crippen molar-refractivity contribution in [3.63, 3.8) is 0 Å². The molecule has 1 atom stereocenters. The van der Waals surface area contributed by atoms with Crippen molar-refractivity contribution in [3.05, 3.63) is 40.3 Å². The van der Waals surface area contributed by atoms with Crippen LogP contribution in [-0.2, 0) is 22.4 Å². The molecule has 2 aromatic rings. The van der Waals surface area contributed by atoms with E-state index in [1.54, 1.807) is 36.3 Å². The Morgan fingerprint density at radius 3 is 2.62 bits per heavy atom. The molecule has 8 heteroatoms. The van der Waals surface area contributed by atoms with Crippen LogP contribution in [0, 0.1) is 5.92 Å². The standard InChI is InChI=1S/C21H23N3O4S/c1-28-14-8-6-13(7-9-14)24-11-12(10-17(24)25)20(27)23-21-18(19(22)26)15-4-2-3-5-16(15)29-21/h6-9,12H,2-5,10-11H2,1H3,(H2,22,26)(H,23,27). The molecular formula is C21H23N3O4S. The molecule has 152 valence electrons. The van der Waals surface area contributed by atoms with E-state index in [9.17, 15) is 14.4 Å². The van der Waals surface area contributed by atoms with Gasteiger partial charge in [0.1, 0.15) is 10.8 Å². The van der Waals surface area contributed by atoms with Crippen molar-refractivity contribution in [2.24, 2.45) is 11.7 Å². The second-order valence-corrected chi connectivity index (χ2v) is 8.48. The number of carbonyl (C=O) groups is 3. The van der Waals surface area contributed by atoms with Gasteiger partial charge in [-0.15, -0.1) is 11.3 Å². The van der Waals surface area contributed by atoms with Crippen molar-refractivity contribution in [2.75, 3.05) is 23.9 Å². The van der Waals surface area contributed by atoms with Crippen LogP contribution >= 0.6 is 11.3 Å². The van der Waals surface area contributed by atoms with Crippen LogP contribution in [0.3, 0.4) is 0 Å². The quantitative estimate of drug-likeness (QED) is 0.787. The van der Waals surface area contributed by atoms with Crippen LogP contribution in [0.1, 0.15) is 40.1 Å². The number of amides is 3. The van der Waals surface area contributed by atoms with Crippen LogP contribution in [0.15, 0.2) is 24.3 Å². The smallest absolute Gasteiger partial charge is 0.251 e. The number of hydrogen-bond acceptors (Lipinski definition) is 5. The predicted molar refractivity (Wildman–Crippen MR) is 112 cm³/mol. The highest BCUT2D eigenvalue weighted by atomic mass is 32.1. The van der Waals surface area contributed by atoms with E-state index in [2.05, 4.69) is 5.32 Å². The summed E-state index contributed by atoms with van der Waals surface area (Å²) in [6, 6.07) is 7.17.